The molecular formula is C47H36N4. The van der Waals surface area contributed by atoms with Crippen molar-refractivity contribution in [2.75, 3.05) is 0 Å². The van der Waals surface area contributed by atoms with E-state index in [9.17, 15) is 0 Å². The van der Waals surface area contributed by atoms with Gasteiger partial charge in [-0.2, -0.15) is 0 Å². The number of hydrogen-bond donors (Lipinski definition) is 2. The number of hydrogen-bond acceptors (Lipinski definition) is 2. The number of aromatic nitrogens is 4. The number of aromatic amines is 2. The second-order valence-electron chi connectivity index (χ2n) is 13.5. The van der Waals surface area contributed by atoms with Gasteiger partial charge in [0.25, 0.3) is 0 Å². The summed E-state index contributed by atoms with van der Waals surface area (Å²) >= 11 is 0. The number of H-pyrrole nitrogens is 2. The fourth-order valence-corrected chi connectivity index (χ4v) is 7.14. The number of benzene rings is 4. The van der Waals surface area contributed by atoms with Crippen molar-refractivity contribution in [1.82, 2.24) is 19.9 Å². The van der Waals surface area contributed by atoms with Crippen LogP contribution >= 0.6 is 0 Å². The van der Waals surface area contributed by atoms with Gasteiger partial charge in [-0.1, -0.05) is 120 Å². The highest BCUT2D eigenvalue weighted by atomic mass is 14.8. The van der Waals surface area contributed by atoms with Gasteiger partial charge in [-0.3, -0.25) is 0 Å². The molecule has 51 heavy (non-hydrogen) atoms. The molecule has 3 aromatic heterocycles. The minimum atomic E-state index is 0.887. The summed E-state index contributed by atoms with van der Waals surface area (Å²) in [5.74, 6) is 0. The lowest BCUT2D eigenvalue weighted by Gasteiger charge is -2.08. The highest BCUT2D eigenvalue weighted by molar-refractivity contribution is 6.01. The van der Waals surface area contributed by atoms with Crippen molar-refractivity contribution in [1.29, 1.82) is 0 Å². The van der Waals surface area contributed by atoms with E-state index in [1.165, 1.54) is 16.7 Å². The minimum absolute atomic E-state index is 0.887. The molecule has 0 fully saturated rings. The molecule has 2 aliphatic heterocycles. The highest BCUT2D eigenvalue weighted by Crippen LogP contribution is 2.39. The zero-order valence-electron chi connectivity index (χ0n) is 28.8. The maximum Gasteiger partial charge on any atom is 0.0737 e. The van der Waals surface area contributed by atoms with Crippen molar-refractivity contribution in [3.8, 4) is 44.5 Å². The molecule has 0 unspecified atom stereocenters. The van der Waals surface area contributed by atoms with Crippen molar-refractivity contribution in [2.45, 2.75) is 20.8 Å². The first-order chi connectivity index (χ1) is 25.0. The Hall–Kier alpha value is -6.52. The predicted molar refractivity (Wildman–Crippen MR) is 215 cm³/mol. The Balaban J connectivity index is 1.47. The summed E-state index contributed by atoms with van der Waals surface area (Å²) in [5, 5.41) is 0. The Labute approximate surface area is 297 Å². The van der Waals surface area contributed by atoms with Gasteiger partial charge in [-0.25, -0.2) is 9.97 Å². The molecule has 4 aromatic carbocycles. The van der Waals surface area contributed by atoms with Gasteiger partial charge in [-0.15, -0.1) is 0 Å². The van der Waals surface area contributed by atoms with E-state index in [4.69, 9.17) is 9.97 Å². The van der Waals surface area contributed by atoms with Gasteiger partial charge >= 0.3 is 0 Å². The van der Waals surface area contributed by atoms with Crippen molar-refractivity contribution in [3.63, 3.8) is 0 Å². The molecule has 244 valence electrons. The Bertz CT molecular complexity index is 2670. The SMILES string of the molecule is Cc1ccc(-c2c3nc(cc4cc(-c5ccccc5)c([nH]4)c(-c4ccc(C)cc4)c4nc(c(-c5ccc(C)cc5)c5ccc2[nH]5)C=C4)C=C3)cc1. The van der Waals surface area contributed by atoms with Gasteiger partial charge in [0, 0.05) is 38.8 Å². The third-order valence-corrected chi connectivity index (χ3v) is 9.79. The van der Waals surface area contributed by atoms with Crippen LogP contribution in [0.25, 0.3) is 90.9 Å². The van der Waals surface area contributed by atoms with Crippen molar-refractivity contribution < 1.29 is 0 Å². The summed E-state index contributed by atoms with van der Waals surface area (Å²) in [6, 6.07) is 45.5. The number of fused-ring (bicyclic) bond motifs is 8. The standard InChI is InChI=1S/C47H36N4/c1-29-9-15-33(16-10-29)44-39-22-21-36(48-39)27-37-28-38(32-7-5-4-6-8-32)47(49-37)46(35-19-13-31(3)14-20-35)43-26-25-42(51-43)45(41-24-23-40(44)50-41)34-17-11-30(2)12-18-34/h4-28,49-50H,1-3H3. The molecule has 2 aliphatic rings. The molecule has 8 bridgehead atoms. The summed E-state index contributed by atoms with van der Waals surface area (Å²) in [6.07, 6.45) is 8.55. The van der Waals surface area contributed by atoms with E-state index in [1.807, 2.05) is 0 Å². The first-order valence-electron chi connectivity index (χ1n) is 17.4. The van der Waals surface area contributed by atoms with Crippen molar-refractivity contribution in [2.24, 2.45) is 0 Å². The molecule has 0 saturated heterocycles. The number of aryl methyl sites for hydroxylation is 3. The average molecular weight is 657 g/mol. The van der Waals surface area contributed by atoms with E-state index < -0.39 is 0 Å². The Morgan fingerprint density at radius 3 is 1.47 bits per heavy atom. The third kappa shape index (κ3) is 5.71. The molecule has 0 saturated carbocycles. The predicted octanol–water partition coefficient (Wildman–Crippen LogP) is 12.2. The van der Waals surface area contributed by atoms with Gasteiger partial charge < -0.3 is 9.97 Å². The van der Waals surface area contributed by atoms with Gasteiger partial charge in [0.1, 0.15) is 0 Å². The lowest BCUT2D eigenvalue weighted by atomic mass is 9.98. The number of rotatable bonds is 4. The Morgan fingerprint density at radius 2 is 0.902 bits per heavy atom. The average Bonchev–Trinajstić information content (AvgIpc) is 3.98. The molecule has 4 heteroatoms. The molecule has 0 atom stereocenters. The topological polar surface area (TPSA) is 57.4 Å². The molecule has 2 N–H and O–H groups in total. The van der Waals surface area contributed by atoms with Gasteiger partial charge in [0.2, 0.25) is 0 Å². The van der Waals surface area contributed by atoms with E-state index in [-0.39, 0.29) is 0 Å². The second-order valence-corrected chi connectivity index (χ2v) is 13.5. The van der Waals surface area contributed by atoms with E-state index in [1.54, 1.807) is 0 Å². The first kappa shape index (κ1) is 30.5. The van der Waals surface area contributed by atoms with Crippen LogP contribution in [0.5, 0.6) is 0 Å². The van der Waals surface area contributed by atoms with Crippen LogP contribution in [0.2, 0.25) is 0 Å². The highest BCUT2D eigenvalue weighted by Gasteiger charge is 2.19. The maximum atomic E-state index is 5.46. The van der Waals surface area contributed by atoms with Crippen LogP contribution in [0.4, 0.5) is 0 Å². The van der Waals surface area contributed by atoms with Crippen LogP contribution in [-0.4, -0.2) is 19.9 Å². The van der Waals surface area contributed by atoms with E-state index in [0.29, 0.717) is 0 Å². The quantitative estimate of drug-likeness (QED) is 0.198. The smallest absolute Gasteiger partial charge is 0.0737 e. The summed E-state index contributed by atoms with van der Waals surface area (Å²) in [7, 11) is 0. The van der Waals surface area contributed by atoms with Crippen LogP contribution in [0.15, 0.2) is 127 Å². The lowest BCUT2D eigenvalue weighted by molar-refractivity contribution is 1.31. The van der Waals surface area contributed by atoms with Crippen LogP contribution in [0.3, 0.4) is 0 Å². The normalized spacial score (nSPS) is 12.1. The van der Waals surface area contributed by atoms with Crippen LogP contribution in [0, 0.1) is 20.8 Å². The fourth-order valence-electron chi connectivity index (χ4n) is 7.14. The van der Waals surface area contributed by atoms with Gasteiger partial charge in [0.15, 0.2) is 0 Å². The fraction of sp³-hybridized carbons (Fsp3) is 0.0638. The maximum absolute atomic E-state index is 5.46. The molecule has 0 amide bonds. The number of nitrogens with zero attached hydrogens (tertiary/aromatic N) is 2. The largest absolute Gasteiger partial charge is 0.354 e. The molecular weight excluding hydrogens is 621 g/mol. The van der Waals surface area contributed by atoms with Crippen LogP contribution < -0.4 is 0 Å². The Kier molecular flexibility index (Phi) is 7.44. The Morgan fingerprint density at radius 1 is 0.412 bits per heavy atom. The summed E-state index contributed by atoms with van der Waals surface area (Å²) in [6.45, 7) is 6.37. The monoisotopic (exact) mass is 656 g/mol. The summed E-state index contributed by atoms with van der Waals surface area (Å²) in [4.78, 5) is 18.3. The van der Waals surface area contributed by atoms with Crippen molar-refractivity contribution in [3.05, 3.63) is 167 Å². The summed E-state index contributed by atoms with van der Waals surface area (Å²) in [5.41, 5.74) is 20.0. The first-order valence-corrected chi connectivity index (χ1v) is 17.4. The molecule has 0 aliphatic carbocycles. The lowest BCUT2D eigenvalue weighted by Crippen LogP contribution is -1.89. The van der Waals surface area contributed by atoms with Crippen LogP contribution in [-0.2, 0) is 0 Å². The molecule has 9 rings (SSSR count). The molecule has 4 nitrogen and oxygen atoms in total. The molecule has 0 radical (unpaired) electrons. The second kappa shape index (κ2) is 12.4. The van der Waals surface area contributed by atoms with E-state index >= 15 is 0 Å². The third-order valence-electron chi connectivity index (χ3n) is 9.79. The zero-order chi connectivity index (χ0) is 34.5. The van der Waals surface area contributed by atoms with Gasteiger partial charge in [0.05, 0.1) is 28.3 Å². The van der Waals surface area contributed by atoms with Crippen LogP contribution in [0.1, 0.15) is 39.5 Å². The minimum Gasteiger partial charge on any atom is -0.354 e. The van der Waals surface area contributed by atoms with Gasteiger partial charge in [-0.05, 0) is 91.6 Å². The number of nitrogens with one attached hydrogen (secondary N) is 2. The van der Waals surface area contributed by atoms with E-state index in [0.717, 1.165) is 89.4 Å². The zero-order valence-corrected chi connectivity index (χ0v) is 28.8. The van der Waals surface area contributed by atoms with E-state index in [2.05, 4.69) is 182 Å². The molecule has 5 heterocycles. The van der Waals surface area contributed by atoms with Crippen molar-refractivity contribution >= 4 is 46.4 Å². The summed E-state index contributed by atoms with van der Waals surface area (Å²) < 4.78 is 0. The molecule has 7 aromatic rings. The molecule has 0 spiro atoms.